The lowest BCUT2D eigenvalue weighted by atomic mass is 10.2. The zero-order valence-corrected chi connectivity index (χ0v) is 12.2. The summed E-state index contributed by atoms with van der Waals surface area (Å²) in [4.78, 5) is 0. The molecule has 0 saturated heterocycles. The molecular weight excluding hydrogens is 270 g/mol. The molecule has 0 saturated carbocycles. The molecule has 0 atom stereocenters. The van der Waals surface area contributed by atoms with Crippen LogP contribution in [0.2, 0.25) is 0 Å². The van der Waals surface area contributed by atoms with E-state index in [2.05, 4.69) is 22.4 Å². The molecule has 0 aliphatic rings. The fourth-order valence-electron chi connectivity index (χ4n) is 2.04. The molecule has 2 aromatic heterocycles. The van der Waals surface area contributed by atoms with Crippen molar-refractivity contribution < 1.29 is 4.42 Å². The van der Waals surface area contributed by atoms with Crippen molar-refractivity contribution in [1.29, 1.82) is 0 Å². The summed E-state index contributed by atoms with van der Waals surface area (Å²) in [6.45, 7) is 4.16. The Kier molecular flexibility index (Phi) is 4.08. The van der Waals surface area contributed by atoms with Crippen molar-refractivity contribution in [3.8, 4) is 10.8 Å². The lowest BCUT2D eigenvalue weighted by molar-refractivity contribution is 0.629. The predicted molar refractivity (Wildman–Crippen MR) is 82.0 cm³/mol. The maximum atomic E-state index is 5.80. The Labute approximate surface area is 121 Å². The van der Waals surface area contributed by atoms with Gasteiger partial charge in [-0.05, 0) is 25.1 Å². The molecule has 3 aromatic rings. The van der Waals surface area contributed by atoms with Crippen molar-refractivity contribution in [1.82, 2.24) is 15.5 Å². The van der Waals surface area contributed by atoms with Gasteiger partial charge in [0.2, 0.25) is 0 Å². The van der Waals surface area contributed by atoms with E-state index in [1.807, 2.05) is 30.3 Å². The summed E-state index contributed by atoms with van der Waals surface area (Å²) in [5.74, 6) is 0.802. The number of benzene rings is 1. The summed E-state index contributed by atoms with van der Waals surface area (Å²) in [7, 11) is 0. The van der Waals surface area contributed by atoms with E-state index in [0.717, 1.165) is 52.7 Å². The quantitative estimate of drug-likeness (QED) is 0.705. The molecule has 0 fully saturated rings. The number of rotatable bonds is 6. The second kappa shape index (κ2) is 6.15. The topological polar surface area (TPSA) is 51.0 Å². The van der Waals surface area contributed by atoms with Crippen LogP contribution >= 0.6 is 11.3 Å². The van der Waals surface area contributed by atoms with Gasteiger partial charge in [0.15, 0.2) is 10.8 Å². The van der Waals surface area contributed by atoms with Gasteiger partial charge in [-0.25, -0.2) is 0 Å². The maximum absolute atomic E-state index is 5.80. The number of para-hydroxylation sites is 1. The Morgan fingerprint density at radius 1 is 1.20 bits per heavy atom. The van der Waals surface area contributed by atoms with Crippen molar-refractivity contribution >= 4 is 22.3 Å². The first-order chi connectivity index (χ1) is 9.86. The molecule has 1 N–H and O–H groups in total. The van der Waals surface area contributed by atoms with Gasteiger partial charge in [0.25, 0.3) is 0 Å². The second-order valence-corrected chi connectivity index (χ2v) is 5.71. The number of aromatic nitrogens is 2. The highest BCUT2D eigenvalue weighted by atomic mass is 32.1. The highest BCUT2D eigenvalue weighted by Gasteiger charge is 2.11. The van der Waals surface area contributed by atoms with E-state index in [4.69, 9.17) is 4.42 Å². The van der Waals surface area contributed by atoms with Crippen molar-refractivity contribution in [2.24, 2.45) is 0 Å². The molecule has 0 bridgehead atoms. The monoisotopic (exact) mass is 287 g/mol. The highest BCUT2D eigenvalue weighted by molar-refractivity contribution is 7.14. The van der Waals surface area contributed by atoms with Crippen LogP contribution in [-0.2, 0) is 6.42 Å². The first-order valence-electron chi connectivity index (χ1n) is 6.89. The first-order valence-corrected chi connectivity index (χ1v) is 7.70. The molecule has 20 heavy (non-hydrogen) atoms. The Hall–Kier alpha value is -1.72. The van der Waals surface area contributed by atoms with E-state index in [0.29, 0.717) is 0 Å². The van der Waals surface area contributed by atoms with E-state index < -0.39 is 0 Å². The fourth-order valence-corrected chi connectivity index (χ4v) is 2.83. The summed E-state index contributed by atoms with van der Waals surface area (Å²) in [5, 5.41) is 14.8. The molecule has 0 spiro atoms. The SMILES string of the molecule is CCCNCCc1nnc(-c2cc3ccccc3o2)s1. The van der Waals surface area contributed by atoms with Crippen LogP contribution in [-0.4, -0.2) is 23.3 Å². The molecule has 3 rings (SSSR count). The Balaban J connectivity index is 1.72. The third-order valence-corrected chi connectivity index (χ3v) is 4.04. The third kappa shape index (κ3) is 2.89. The van der Waals surface area contributed by atoms with Crippen molar-refractivity contribution in [3.63, 3.8) is 0 Å². The largest absolute Gasteiger partial charge is 0.453 e. The summed E-state index contributed by atoms with van der Waals surface area (Å²) < 4.78 is 5.80. The minimum absolute atomic E-state index is 0.802. The average molecular weight is 287 g/mol. The van der Waals surface area contributed by atoms with Gasteiger partial charge in [0.05, 0.1) is 0 Å². The standard InChI is InChI=1S/C15H17N3OS/c1-2-8-16-9-7-14-17-18-15(20-14)13-10-11-5-3-4-6-12(11)19-13/h3-6,10,16H,2,7-9H2,1H3. The minimum Gasteiger partial charge on any atom is -0.453 e. The number of nitrogens with one attached hydrogen (secondary N) is 1. The van der Waals surface area contributed by atoms with Crippen LogP contribution < -0.4 is 5.32 Å². The number of furan rings is 1. The van der Waals surface area contributed by atoms with Crippen LogP contribution in [0.15, 0.2) is 34.7 Å². The van der Waals surface area contributed by atoms with Crippen LogP contribution in [0.1, 0.15) is 18.4 Å². The molecule has 0 unspecified atom stereocenters. The molecule has 4 nitrogen and oxygen atoms in total. The van der Waals surface area contributed by atoms with Crippen molar-refractivity contribution in [2.45, 2.75) is 19.8 Å². The molecule has 1 aromatic carbocycles. The van der Waals surface area contributed by atoms with E-state index >= 15 is 0 Å². The summed E-state index contributed by atoms with van der Waals surface area (Å²) in [6, 6.07) is 10.0. The van der Waals surface area contributed by atoms with E-state index in [-0.39, 0.29) is 0 Å². The third-order valence-electron chi connectivity index (χ3n) is 3.05. The molecule has 0 aliphatic carbocycles. The van der Waals surface area contributed by atoms with Crippen LogP contribution in [0, 0.1) is 0 Å². The molecule has 0 amide bonds. The first kappa shape index (κ1) is 13.3. The highest BCUT2D eigenvalue weighted by Crippen LogP contribution is 2.29. The summed E-state index contributed by atoms with van der Waals surface area (Å²) in [6.07, 6.45) is 2.07. The van der Waals surface area contributed by atoms with Gasteiger partial charge >= 0.3 is 0 Å². The number of hydrogen-bond acceptors (Lipinski definition) is 5. The molecule has 104 valence electrons. The van der Waals surface area contributed by atoms with Crippen LogP contribution in [0.4, 0.5) is 0 Å². The normalized spacial score (nSPS) is 11.2. The second-order valence-electron chi connectivity index (χ2n) is 4.65. The number of hydrogen-bond donors (Lipinski definition) is 1. The lowest BCUT2D eigenvalue weighted by Gasteiger charge is -1.98. The zero-order chi connectivity index (χ0) is 13.8. The maximum Gasteiger partial charge on any atom is 0.183 e. The number of fused-ring (bicyclic) bond motifs is 1. The van der Waals surface area contributed by atoms with Crippen molar-refractivity contribution in [2.75, 3.05) is 13.1 Å². The molecule has 5 heteroatoms. The fraction of sp³-hybridized carbons (Fsp3) is 0.333. The summed E-state index contributed by atoms with van der Waals surface area (Å²) in [5.41, 5.74) is 0.892. The lowest BCUT2D eigenvalue weighted by Crippen LogP contribution is -2.17. The van der Waals surface area contributed by atoms with Crippen molar-refractivity contribution in [3.05, 3.63) is 35.3 Å². The molecule has 0 radical (unpaired) electrons. The Bertz CT molecular complexity index is 656. The van der Waals surface area contributed by atoms with Crippen LogP contribution in [0.5, 0.6) is 0 Å². The van der Waals surface area contributed by atoms with Gasteiger partial charge in [-0.2, -0.15) is 0 Å². The molecule has 2 heterocycles. The summed E-state index contributed by atoms with van der Waals surface area (Å²) >= 11 is 1.60. The Morgan fingerprint density at radius 2 is 2.10 bits per heavy atom. The predicted octanol–water partition coefficient (Wildman–Crippen LogP) is 3.49. The average Bonchev–Trinajstić information content (AvgIpc) is 3.09. The van der Waals surface area contributed by atoms with Gasteiger partial charge in [-0.15, -0.1) is 10.2 Å². The Morgan fingerprint density at radius 3 is 2.95 bits per heavy atom. The van der Waals surface area contributed by atoms with Gasteiger partial charge in [-0.1, -0.05) is 36.5 Å². The van der Waals surface area contributed by atoms with E-state index in [1.165, 1.54) is 0 Å². The zero-order valence-electron chi connectivity index (χ0n) is 11.4. The van der Waals surface area contributed by atoms with E-state index in [9.17, 15) is 0 Å². The molecular formula is C15H17N3OS. The van der Waals surface area contributed by atoms with Gasteiger partial charge in [-0.3, -0.25) is 0 Å². The van der Waals surface area contributed by atoms with E-state index in [1.54, 1.807) is 11.3 Å². The van der Waals surface area contributed by atoms with Gasteiger partial charge in [0, 0.05) is 18.4 Å². The van der Waals surface area contributed by atoms with Crippen LogP contribution in [0.3, 0.4) is 0 Å². The smallest absolute Gasteiger partial charge is 0.183 e. The minimum atomic E-state index is 0.802. The molecule has 0 aliphatic heterocycles. The van der Waals surface area contributed by atoms with Gasteiger partial charge < -0.3 is 9.73 Å². The van der Waals surface area contributed by atoms with Crippen LogP contribution in [0.25, 0.3) is 21.7 Å². The van der Waals surface area contributed by atoms with Gasteiger partial charge in [0.1, 0.15) is 10.6 Å². The number of nitrogens with zero attached hydrogens (tertiary/aromatic N) is 2.